The van der Waals surface area contributed by atoms with Gasteiger partial charge in [0.15, 0.2) is 5.96 Å². The second-order valence-corrected chi connectivity index (χ2v) is 4.22. The standard InChI is InChI=1S/C12H19N3O/c13-12(15-10-4-1-2-5-10)14-8-7-11-6-3-9-16-11/h3,6,9-10H,1-2,4-5,7-8H2,(H3,13,14,15). The van der Waals surface area contributed by atoms with Crippen molar-refractivity contribution in [1.82, 2.24) is 5.32 Å². The molecule has 0 amide bonds. The maximum atomic E-state index is 5.80. The maximum Gasteiger partial charge on any atom is 0.188 e. The molecule has 0 unspecified atom stereocenters. The first-order valence-electron chi connectivity index (χ1n) is 5.93. The van der Waals surface area contributed by atoms with Crippen LogP contribution >= 0.6 is 0 Å². The highest BCUT2D eigenvalue weighted by Gasteiger charge is 2.14. The molecule has 2 rings (SSSR count). The molecular formula is C12H19N3O. The van der Waals surface area contributed by atoms with Crippen LogP contribution in [0.15, 0.2) is 27.8 Å². The molecule has 1 heterocycles. The molecular weight excluding hydrogens is 202 g/mol. The van der Waals surface area contributed by atoms with Crippen LogP contribution in [0.1, 0.15) is 31.4 Å². The largest absolute Gasteiger partial charge is 0.469 e. The number of guanidine groups is 1. The summed E-state index contributed by atoms with van der Waals surface area (Å²) >= 11 is 0. The van der Waals surface area contributed by atoms with Crippen LogP contribution in [0.4, 0.5) is 0 Å². The van der Waals surface area contributed by atoms with Crippen molar-refractivity contribution >= 4 is 5.96 Å². The second kappa shape index (κ2) is 5.58. The summed E-state index contributed by atoms with van der Waals surface area (Å²) in [6, 6.07) is 4.38. The van der Waals surface area contributed by atoms with Gasteiger partial charge >= 0.3 is 0 Å². The highest BCUT2D eigenvalue weighted by atomic mass is 16.3. The molecule has 16 heavy (non-hydrogen) atoms. The molecule has 0 atom stereocenters. The number of hydrogen-bond donors (Lipinski definition) is 2. The first-order chi connectivity index (χ1) is 7.84. The van der Waals surface area contributed by atoms with E-state index in [-0.39, 0.29) is 0 Å². The molecule has 1 aromatic heterocycles. The van der Waals surface area contributed by atoms with E-state index in [4.69, 9.17) is 10.2 Å². The van der Waals surface area contributed by atoms with E-state index in [2.05, 4.69) is 10.3 Å². The summed E-state index contributed by atoms with van der Waals surface area (Å²) < 4.78 is 5.22. The predicted octanol–water partition coefficient (Wildman–Crippen LogP) is 1.67. The number of nitrogens with two attached hydrogens (primary N) is 1. The van der Waals surface area contributed by atoms with Crippen LogP contribution in [0, 0.1) is 0 Å². The molecule has 0 bridgehead atoms. The second-order valence-electron chi connectivity index (χ2n) is 4.22. The molecule has 1 aromatic rings. The van der Waals surface area contributed by atoms with Gasteiger partial charge in [-0.25, -0.2) is 0 Å². The zero-order chi connectivity index (χ0) is 11.2. The van der Waals surface area contributed by atoms with Gasteiger partial charge in [-0.15, -0.1) is 0 Å². The lowest BCUT2D eigenvalue weighted by molar-refractivity contribution is 0.510. The van der Waals surface area contributed by atoms with Gasteiger partial charge < -0.3 is 15.5 Å². The number of nitrogens with one attached hydrogen (secondary N) is 1. The van der Waals surface area contributed by atoms with Crippen LogP contribution < -0.4 is 11.1 Å². The van der Waals surface area contributed by atoms with Crippen molar-refractivity contribution in [1.29, 1.82) is 0 Å². The predicted molar refractivity (Wildman–Crippen MR) is 64.3 cm³/mol. The van der Waals surface area contributed by atoms with Gasteiger partial charge in [-0.1, -0.05) is 12.8 Å². The van der Waals surface area contributed by atoms with Crippen LogP contribution in [0.5, 0.6) is 0 Å². The molecule has 0 saturated heterocycles. The minimum Gasteiger partial charge on any atom is -0.469 e. The summed E-state index contributed by atoms with van der Waals surface area (Å²) in [7, 11) is 0. The smallest absolute Gasteiger partial charge is 0.188 e. The Balaban J connectivity index is 1.69. The molecule has 1 aliphatic carbocycles. The Bertz CT molecular complexity index is 326. The summed E-state index contributed by atoms with van der Waals surface area (Å²) in [6.07, 6.45) is 7.52. The van der Waals surface area contributed by atoms with Crippen LogP contribution in [0.25, 0.3) is 0 Å². The van der Waals surface area contributed by atoms with Crippen molar-refractivity contribution < 1.29 is 4.42 Å². The number of furan rings is 1. The van der Waals surface area contributed by atoms with Gasteiger partial charge in [0.1, 0.15) is 5.76 Å². The first kappa shape index (κ1) is 11.0. The number of hydrogen-bond acceptors (Lipinski definition) is 2. The molecule has 4 nitrogen and oxygen atoms in total. The van der Waals surface area contributed by atoms with Gasteiger partial charge in [0, 0.05) is 19.0 Å². The van der Waals surface area contributed by atoms with Gasteiger partial charge in [0.05, 0.1) is 6.26 Å². The minimum absolute atomic E-state index is 0.535. The topological polar surface area (TPSA) is 63.5 Å². The minimum atomic E-state index is 0.535. The van der Waals surface area contributed by atoms with Gasteiger partial charge in [-0.05, 0) is 25.0 Å². The fourth-order valence-corrected chi connectivity index (χ4v) is 2.07. The van der Waals surface area contributed by atoms with Crippen molar-refractivity contribution in [2.45, 2.75) is 38.1 Å². The SMILES string of the molecule is NC(=NCCc1ccco1)NC1CCCC1. The monoisotopic (exact) mass is 221 g/mol. The third kappa shape index (κ3) is 3.29. The van der Waals surface area contributed by atoms with Crippen LogP contribution in [0.2, 0.25) is 0 Å². The third-order valence-corrected chi connectivity index (χ3v) is 2.93. The number of nitrogens with zero attached hydrogens (tertiary/aromatic N) is 1. The maximum absolute atomic E-state index is 5.80. The normalized spacial score (nSPS) is 17.9. The van der Waals surface area contributed by atoms with E-state index < -0.39 is 0 Å². The number of aliphatic imine (C=N–C) groups is 1. The summed E-state index contributed by atoms with van der Waals surface area (Å²) in [5.74, 6) is 1.52. The quantitative estimate of drug-likeness (QED) is 0.600. The van der Waals surface area contributed by atoms with Crippen molar-refractivity contribution in [2.75, 3.05) is 6.54 Å². The van der Waals surface area contributed by atoms with E-state index in [0.29, 0.717) is 18.5 Å². The molecule has 3 N–H and O–H groups in total. The van der Waals surface area contributed by atoms with Crippen molar-refractivity contribution in [2.24, 2.45) is 10.7 Å². The molecule has 1 fully saturated rings. The van der Waals surface area contributed by atoms with Crippen molar-refractivity contribution in [3.05, 3.63) is 24.2 Å². The molecule has 4 heteroatoms. The van der Waals surface area contributed by atoms with Crippen LogP contribution in [0.3, 0.4) is 0 Å². The lowest BCUT2D eigenvalue weighted by Gasteiger charge is -2.11. The average molecular weight is 221 g/mol. The zero-order valence-corrected chi connectivity index (χ0v) is 9.48. The third-order valence-electron chi connectivity index (χ3n) is 2.93. The molecule has 1 aliphatic rings. The summed E-state index contributed by atoms with van der Waals surface area (Å²) in [4.78, 5) is 4.29. The molecule has 88 valence electrons. The molecule has 0 spiro atoms. The lowest BCUT2D eigenvalue weighted by atomic mass is 10.2. The zero-order valence-electron chi connectivity index (χ0n) is 9.48. The van der Waals surface area contributed by atoms with Gasteiger partial charge in [-0.2, -0.15) is 0 Å². The highest BCUT2D eigenvalue weighted by molar-refractivity contribution is 5.78. The Morgan fingerprint density at radius 3 is 3.00 bits per heavy atom. The Morgan fingerprint density at radius 2 is 2.31 bits per heavy atom. The van der Waals surface area contributed by atoms with E-state index in [9.17, 15) is 0 Å². The van der Waals surface area contributed by atoms with Crippen molar-refractivity contribution in [3.63, 3.8) is 0 Å². The summed E-state index contributed by atoms with van der Waals surface area (Å²) in [5, 5.41) is 3.26. The molecule has 0 radical (unpaired) electrons. The Labute approximate surface area is 95.9 Å². The molecule has 0 aromatic carbocycles. The molecule has 0 aliphatic heterocycles. The fraction of sp³-hybridized carbons (Fsp3) is 0.583. The van der Waals surface area contributed by atoms with E-state index >= 15 is 0 Å². The average Bonchev–Trinajstić information content (AvgIpc) is 2.90. The van der Waals surface area contributed by atoms with Crippen LogP contribution in [-0.4, -0.2) is 18.5 Å². The molecule has 1 saturated carbocycles. The van der Waals surface area contributed by atoms with Crippen LogP contribution in [-0.2, 0) is 6.42 Å². The lowest BCUT2D eigenvalue weighted by Crippen LogP contribution is -2.38. The van der Waals surface area contributed by atoms with Gasteiger partial charge in [0.25, 0.3) is 0 Å². The van der Waals surface area contributed by atoms with E-state index in [1.807, 2.05) is 12.1 Å². The van der Waals surface area contributed by atoms with Gasteiger partial charge in [-0.3, -0.25) is 4.99 Å². The highest BCUT2D eigenvalue weighted by Crippen LogP contribution is 2.17. The Kier molecular flexibility index (Phi) is 3.86. The van der Waals surface area contributed by atoms with Crippen molar-refractivity contribution in [3.8, 4) is 0 Å². The Morgan fingerprint density at radius 1 is 1.50 bits per heavy atom. The van der Waals surface area contributed by atoms with Gasteiger partial charge in [0.2, 0.25) is 0 Å². The van der Waals surface area contributed by atoms with E-state index in [1.54, 1.807) is 6.26 Å². The first-order valence-corrected chi connectivity index (χ1v) is 5.93. The summed E-state index contributed by atoms with van der Waals surface area (Å²) in [6.45, 7) is 0.680. The van der Waals surface area contributed by atoms with E-state index in [0.717, 1.165) is 12.2 Å². The Hall–Kier alpha value is -1.45. The summed E-state index contributed by atoms with van der Waals surface area (Å²) in [5.41, 5.74) is 5.80. The van der Waals surface area contributed by atoms with E-state index in [1.165, 1.54) is 25.7 Å². The number of rotatable bonds is 4. The fourth-order valence-electron chi connectivity index (χ4n) is 2.07.